The van der Waals surface area contributed by atoms with Crippen LogP contribution in [0.2, 0.25) is 0 Å². The Morgan fingerprint density at radius 1 is 0.758 bits per heavy atom. The van der Waals surface area contributed by atoms with E-state index < -0.39 is 0 Å². The molecule has 0 spiro atoms. The van der Waals surface area contributed by atoms with E-state index in [4.69, 9.17) is 9.84 Å². The second-order valence-corrected chi connectivity index (χ2v) is 7.77. The Hall–Kier alpha value is -4.38. The van der Waals surface area contributed by atoms with Crippen molar-refractivity contribution in [3.63, 3.8) is 0 Å². The van der Waals surface area contributed by atoms with Gasteiger partial charge in [-0.1, -0.05) is 78.9 Å². The van der Waals surface area contributed by atoms with Crippen LogP contribution in [0.3, 0.4) is 0 Å². The van der Waals surface area contributed by atoms with Gasteiger partial charge in [0.1, 0.15) is 11.5 Å². The number of rotatable bonds is 5. The summed E-state index contributed by atoms with van der Waals surface area (Å²) in [5.41, 5.74) is 3.73. The van der Waals surface area contributed by atoms with E-state index in [1.807, 2.05) is 103 Å². The molecule has 0 aliphatic carbocycles. The molecule has 0 bridgehead atoms. The number of nitrogens with zero attached hydrogens (tertiary/aromatic N) is 2. The number of nitrogens with one attached hydrogen (secondary N) is 1. The van der Waals surface area contributed by atoms with Gasteiger partial charge < -0.3 is 10.1 Å². The molecular formula is C28H23N3O2. The molecule has 1 aliphatic heterocycles. The minimum Gasteiger partial charge on any atom is -0.457 e. The van der Waals surface area contributed by atoms with Gasteiger partial charge in [0, 0.05) is 11.6 Å². The van der Waals surface area contributed by atoms with E-state index >= 15 is 0 Å². The van der Waals surface area contributed by atoms with Crippen molar-refractivity contribution in [3.05, 3.63) is 126 Å². The molecule has 162 valence electrons. The number of hydrogen-bond donors (Lipinski definition) is 1. The number of amides is 2. The highest BCUT2D eigenvalue weighted by Crippen LogP contribution is 2.29. The third-order valence-electron chi connectivity index (χ3n) is 5.50. The molecule has 5 heteroatoms. The van der Waals surface area contributed by atoms with Crippen molar-refractivity contribution in [2.75, 3.05) is 11.9 Å². The van der Waals surface area contributed by atoms with Crippen molar-refractivity contribution < 1.29 is 9.53 Å². The third kappa shape index (κ3) is 4.77. The van der Waals surface area contributed by atoms with Gasteiger partial charge in [0.25, 0.3) is 0 Å². The van der Waals surface area contributed by atoms with Crippen LogP contribution >= 0.6 is 0 Å². The number of para-hydroxylation sites is 1. The molecule has 0 saturated heterocycles. The number of hydrazone groups is 1. The summed E-state index contributed by atoms with van der Waals surface area (Å²) in [7, 11) is 0. The molecule has 0 radical (unpaired) electrons. The summed E-state index contributed by atoms with van der Waals surface area (Å²) in [6.45, 7) is 0.481. The van der Waals surface area contributed by atoms with Crippen molar-refractivity contribution in [1.29, 1.82) is 0 Å². The highest BCUT2D eigenvalue weighted by atomic mass is 16.5. The second kappa shape index (κ2) is 9.40. The molecule has 4 aromatic carbocycles. The van der Waals surface area contributed by atoms with E-state index in [-0.39, 0.29) is 11.9 Å². The summed E-state index contributed by atoms with van der Waals surface area (Å²) >= 11 is 0. The van der Waals surface area contributed by atoms with Crippen molar-refractivity contribution in [2.24, 2.45) is 5.10 Å². The second-order valence-electron chi connectivity index (χ2n) is 7.77. The van der Waals surface area contributed by atoms with Gasteiger partial charge in [0.15, 0.2) is 0 Å². The molecule has 5 nitrogen and oxygen atoms in total. The molecule has 1 N–H and O–H groups in total. The maximum atomic E-state index is 13.0. The fourth-order valence-corrected chi connectivity index (χ4v) is 3.86. The Morgan fingerprint density at radius 2 is 1.33 bits per heavy atom. The largest absolute Gasteiger partial charge is 0.457 e. The molecule has 5 rings (SSSR count). The van der Waals surface area contributed by atoms with E-state index in [1.165, 1.54) is 5.01 Å². The summed E-state index contributed by atoms with van der Waals surface area (Å²) in [6.07, 6.45) is 0. The lowest BCUT2D eigenvalue weighted by Crippen LogP contribution is -2.30. The van der Waals surface area contributed by atoms with Crippen molar-refractivity contribution in [1.82, 2.24) is 5.01 Å². The molecule has 1 unspecified atom stereocenters. The van der Waals surface area contributed by atoms with Gasteiger partial charge in [0.2, 0.25) is 0 Å². The standard InChI is InChI=1S/C28H23N3O2/c32-28(29-23-16-18-25(19-17-23)33-24-14-8-3-9-15-24)31-20-26(21-10-4-1-5-11-21)27(30-31)22-12-6-2-7-13-22/h1-19,26H,20H2,(H,29,32). The van der Waals surface area contributed by atoms with Crippen molar-refractivity contribution >= 4 is 17.4 Å². The lowest BCUT2D eigenvalue weighted by molar-refractivity contribution is 0.218. The zero-order valence-electron chi connectivity index (χ0n) is 18.0. The zero-order valence-corrected chi connectivity index (χ0v) is 18.0. The quantitative estimate of drug-likeness (QED) is 0.390. The van der Waals surface area contributed by atoms with E-state index in [2.05, 4.69) is 17.4 Å². The number of carbonyl (C=O) groups excluding carboxylic acids is 1. The van der Waals surface area contributed by atoms with Crippen LogP contribution in [0.5, 0.6) is 11.5 Å². The van der Waals surface area contributed by atoms with Gasteiger partial charge in [-0.25, -0.2) is 9.80 Å². The first kappa shape index (κ1) is 20.5. The molecule has 1 heterocycles. The Kier molecular flexibility index (Phi) is 5.85. The molecule has 0 aromatic heterocycles. The molecule has 1 aliphatic rings. The number of hydrogen-bond acceptors (Lipinski definition) is 3. The average Bonchev–Trinajstić information content (AvgIpc) is 3.33. The first-order valence-corrected chi connectivity index (χ1v) is 10.9. The summed E-state index contributed by atoms with van der Waals surface area (Å²) in [6, 6.07) is 36.8. The highest BCUT2D eigenvalue weighted by Gasteiger charge is 2.32. The van der Waals surface area contributed by atoms with Crippen LogP contribution in [-0.4, -0.2) is 23.3 Å². The van der Waals surface area contributed by atoms with E-state index in [1.54, 1.807) is 0 Å². The molecule has 1 atom stereocenters. The summed E-state index contributed by atoms with van der Waals surface area (Å²) in [5.74, 6) is 1.48. The van der Waals surface area contributed by atoms with Gasteiger partial charge in [0.05, 0.1) is 12.3 Å². The number of carbonyl (C=O) groups is 1. The van der Waals surface area contributed by atoms with Crippen LogP contribution in [0, 0.1) is 0 Å². The summed E-state index contributed by atoms with van der Waals surface area (Å²) in [4.78, 5) is 13.0. The number of benzene rings is 4. The highest BCUT2D eigenvalue weighted by molar-refractivity contribution is 6.07. The van der Waals surface area contributed by atoms with Crippen molar-refractivity contribution in [2.45, 2.75) is 5.92 Å². The molecule has 2 amide bonds. The van der Waals surface area contributed by atoms with Crippen LogP contribution in [0.15, 0.2) is 120 Å². The monoisotopic (exact) mass is 433 g/mol. The Labute approximate surface area is 193 Å². The smallest absolute Gasteiger partial charge is 0.342 e. The van der Waals surface area contributed by atoms with E-state index in [0.717, 1.165) is 22.6 Å². The predicted octanol–water partition coefficient (Wildman–Crippen LogP) is 6.51. The Bertz CT molecular complexity index is 1240. The lowest BCUT2D eigenvalue weighted by atomic mass is 9.91. The van der Waals surface area contributed by atoms with Crippen LogP contribution in [0.4, 0.5) is 10.5 Å². The van der Waals surface area contributed by atoms with Gasteiger partial charge in [-0.2, -0.15) is 5.10 Å². The van der Waals surface area contributed by atoms with Crippen LogP contribution in [-0.2, 0) is 0 Å². The Morgan fingerprint density at radius 3 is 2.00 bits per heavy atom. The fourth-order valence-electron chi connectivity index (χ4n) is 3.86. The van der Waals surface area contributed by atoms with Gasteiger partial charge >= 0.3 is 6.03 Å². The van der Waals surface area contributed by atoms with Crippen LogP contribution in [0.25, 0.3) is 0 Å². The number of anilines is 1. The topological polar surface area (TPSA) is 53.9 Å². The number of urea groups is 1. The van der Waals surface area contributed by atoms with Gasteiger partial charge in [-0.05, 0) is 47.5 Å². The SMILES string of the molecule is O=C(Nc1ccc(Oc2ccccc2)cc1)N1CC(c2ccccc2)C(c2ccccc2)=N1. The Balaban J connectivity index is 1.31. The minimum atomic E-state index is -0.265. The number of ether oxygens (including phenoxy) is 1. The summed E-state index contributed by atoms with van der Waals surface area (Å²) < 4.78 is 5.82. The fraction of sp³-hybridized carbons (Fsp3) is 0.0714. The maximum absolute atomic E-state index is 13.0. The van der Waals surface area contributed by atoms with Crippen LogP contribution < -0.4 is 10.1 Å². The maximum Gasteiger partial charge on any atom is 0.342 e. The minimum absolute atomic E-state index is 0.0148. The van der Waals surface area contributed by atoms with Crippen LogP contribution in [0.1, 0.15) is 17.0 Å². The zero-order chi connectivity index (χ0) is 22.5. The summed E-state index contributed by atoms with van der Waals surface area (Å²) in [5, 5.41) is 9.15. The molecule has 0 saturated carbocycles. The lowest BCUT2D eigenvalue weighted by Gasteiger charge is -2.16. The molecule has 33 heavy (non-hydrogen) atoms. The third-order valence-corrected chi connectivity index (χ3v) is 5.50. The van der Waals surface area contributed by atoms with E-state index in [0.29, 0.717) is 18.0 Å². The average molecular weight is 434 g/mol. The molecular weight excluding hydrogens is 410 g/mol. The molecule has 4 aromatic rings. The normalized spacial score (nSPS) is 15.1. The van der Waals surface area contributed by atoms with Gasteiger partial charge in [-0.3, -0.25) is 0 Å². The van der Waals surface area contributed by atoms with Crippen molar-refractivity contribution in [3.8, 4) is 11.5 Å². The first-order chi connectivity index (χ1) is 16.3. The molecule has 0 fully saturated rings. The van der Waals surface area contributed by atoms with E-state index in [9.17, 15) is 4.79 Å². The van der Waals surface area contributed by atoms with Gasteiger partial charge in [-0.15, -0.1) is 0 Å². The first-order valence-electron chi connectivity index (χ1n) is 10.9. The predicted molar refractivity (Wildman–Crippen MR) is 131 cm³/mol.